The lowest BCUT2D eigenvalue weighted by Gasteiger charge is -2.02. The molecule has 0 atom stereocenters. The van der Waals surface area contributed by atoms with Gasteiger partial charge >= 0.3 is 0 Å². The third-order valence-electron chi connectivity index (χ3n) is 2.32. The third kappa shape index (κ3) is 2.42. The highest BCUT2D eigenvalue weighted by Crippen LogP contribution is 2.23. The smallest absolute Gasteiger partial charge is 0.181 e. The molecule has 0 saturated heterocycles. The molecule has 0 aliphatic rings. The molecule has 1 aromatic carbocycles. The van der Waals surface area contributed by atoms with Crippen LogP contribution in [-0.2, 0) is 6.42 Å². The molecule has 0 unspecified atom stereocenters. The molecular weight excluding hydrogens is 223 g/mol. The number of aromatic amines is 1. The monoisotopic (exact) mass is 236 g/mol. The molecule has 6 heteroatoms. The Morgan fingerprint density at radius 3 is 3.00 bits per heavy atom. The number of benzene rings is 1. The van der Waals surface area contributed by atoms with Crippen molar-refractivity contribution in [1.82, 2.24) is 15.2 Å². The van der Waals surface area contributed by atoms with E-state index in [-0.39, 0.29) is 5.75 Å². The Bertz CT molecular complexity index is 512. The minimum atomic E-state index is -0.408. The molecule has 2 rings (SSSR count). The maximum Gasteiger partial charge on any atom is 0.181 e. The quantitative estimate of drug-likeness (QED) is 0.834. The van der Waals surface area contributed by atoms with Crippen LogP contribution in [0.15, 0.2) is 18.2 Å². The van der Waals surface area contributed by atoms with Gasteiger partial charge in [-0.25, -0.2) is 9.37 Å². The number of nitrogens with one attached hydrogen (secondary N) is 1. The predicted octanol–water partition coefficient (Wildman–Crippen LogP) is 1.12. The highest BCUT2D eigenvalue weighted by Gasteiger charge is 2.09. The summed E-state index contributed by atoms with van der Waals surface area (Å²) >= 11 is 0. The van der Waals surface area contributed by atoms with Gasteiger partial charge in [-0.2, -0.15) is 5.10 Å². The fourth-order valence-corrected chi connectivity index (χ4v) is 1.47. The number of aromatic nitrogens is 3. The number of nitrogens with two attached hydrogens (primary N) is 1. The van der Waals surface area contributed by atoms with Crippen molar-refractivity contribution in [3.05, 3.63) is 29.8 Å². The Morgan fingerprint density at radius 2 is 2.29 bits per heavy atom. The van der Waals surface area contributed by atoms with Crippen LogP contribution in [-0.4, -0.2) is 28.8 Å². The maximum absolute atomic E-state index is 13.2. The van der Waals surface area contributed by atoms with E-state index in [1.807, 2.05) is 0 Å². The van der Waals surface area contributed by atoms with Gasteiger partial charge in [-0.1, -0.05) is 0 Å². The van der Waals surface area contributed by atoms with Crippen LogP contribution in [0, 0.1) is 5.82 Å². The van der Waals surface area contributed by atoms with Gasteiger partial charge in [0.05, 0.1) is 7.11 Å². The van der Waals surface area contributed by atoms with Crippen LogP contribution < -0.4 is 10.5 Å². The summed E-state index contributed by atoms with van der Waals surface area (Å²) < 4.78 is 18.1. The zero-order valence-electron chi connectivity index (χ0n) is 9.40. The summed E-state index contributed by atoms with van der Waals surface area (Å²) in [7, 11) is 1.42. The second-order valence-corrected chi connectivity index (χ2v) is 3.49. The Labute approximate surface area is 97.8 Å². The predicted molar refractivity (Wildman–Crippen MR) is 61.1 cm³/mol. The first-order valence-electron chi connectivity index (χ1n) is 5.20. The summed E-state index contributed by atoms with van der Waals surface area (Å²) in [6.45, 7) is 0.501. The first-order valence-corrected chi connectivity index (χ1v) is 5.20. The highest BCUT2D eigenvalue weighted by molar-refractivity contribution is 5.57. The number of hydrogen-bond donors (Lipinski definition) is 2. The van der Waals surface area contributed by atoms with Crippen LogP contribution >= 0.6 is 0 Å². The van der Waals surface area contributed by atoms with Gasteiger partial charge in [0, 0.05) is 12.0 Å². The molecule has 0 saturated carbocycles. The minimum absolute atomic E-state index is 0.174. The average molecular weight is 236 g/mol. The van der Waals surface area contributed by atoms with E-state index in [2.05, 4.69) is 15.2 Å². The van der Waals surface area contributed by atoms with Crippen LogP contribution in [0.1, 0.15) is 5.82 Å². The normalized spacial score (nSPS) is 10.5. The van der Waals surface area contributed by atoms with Crippen LogP contribution in [0.5, 0.6) is 5.75 Å². The Balaban J connectivity index is 2.32. The van der Waals surface area contributed by atoms with E-state index in [1.165, 1.54) is 13.2 Å². The molecule has 0 spiro atoms. The number of methoxy groups -OCH3 is 1. The molecule has 0 amide bonds. The Kier molecular flexibility index (Phi) is 3.34. The molecule has 17 heavy (non-hydrogen) atoms. The number of ether oxygens (including phenoxy) is 1. The average Bonchev–Trinajstić information content (AvgIpc) is 2.79. The van der Waals surface area contributed by atoms with Crippen molar-refractivity contribution >= 4 is 0 Å². The van der Waals surface area contributed by atoms with Gasteiger partial charge in [0.2, 0.25) is 0 Å². The summed E-state index contributed by atoms with van der Waals surface area (Å²) in [4.78, 5) is 4.25. The molecular formula is C11H13FN4O. The van der Waals surface area contributed by atoms with Gasteiger partial charge in [0.1, 0.15) is 5.82 Å². The standard InChI is InChI=1S/C11H13FN4O/c1-17-9-6-7(2-3-8(9)12)11-14-10(4-5-13)15-16-11/h2-3,6H,4-5,13H2,1H3,(H,14,15,16). The maximum atomic E-state index is 13.2. The third-order valence-corrected chi connectivity index (χ3v) is 2.32. The fourth-order valence-electron chi connectivity index (χ4n) is 1.47. The fraction of sp³-hybridized carbons (Fsp3) is 0.273. The van der Waals surface area contributed by atoms with Gasteiger partial charge in [-0.05, 0) is 24.7 Å². The molecule has 3 N–H and O–H groups in total. The summed E-state index contributed by atoms with van der Waals surface area (Å²) in [6, 6.07) is 4.49. The van der Waals surface area contributed by atoms with E-state index in [0.717, 1.165) is 0 Å². The van der Waals surface area contributed by atoms with Crippen molar-refractivity contribution in [1.29, 1.82) is 0 Å². The lowest BCUT2D eigenvalue weighted by molar-refractivity contribution is 0.387. The van der Waals surface area contributed by atoms with Crippen molar-refractivity contribution in [2.24, 2.45) is 5.73 Å². The van der Waals surface area contributed by atoms with E-state index >= 15 is 0 Å². The summed E-state index contributed by atoms with van der Waals surface area (Å²) in [5.41, 5.74) is 6.11. The number of rotatable bonds is 4. The lowest BCUT2D eigenvalue weighted by Crippen LogP contribution is -2.03. The molecule has 90 valence electrons. The van der Waals surface area contributed by atoms with E-state index in [9.17, 15) is 4.39 Å². The van der Waals surface area contributed by atoms with Crippen LogP contribution in [0.3, 0.4) is 0 Å². The molecule has 0 aliphatic carbocycles. The molecule has 0 fully saturated rings. The molecule has 2 aromatic rings. The summed E-state index contributed by atoms with van der Waals surface area (Å²) in [6.07, 6.45) is 0.630. The van der Waals surface area contributed by atoms with Crippen molar-refractivity contribution in [2.75, 3.05) is 13.7 Å². The van der Waals surface area contributed by atoms with Crippen LogP contribution in [0.2, 0.25) is 0 Å². The first kappa shape index (κ1) is 11.5. The van der Waals surface area contributed by atoms with Crippen molar-refractivity contribution in [3.63, 3.8) is 0 Å². The molecule has 0 aliphatic heterocycles. The first-order chi connectivity index (χ1) is 8.24. The van der Waals surface area contributed by atoms with Crippen molar-refractivity contribution in [2.45, 2.75) is 6.42 Å². The summed E-state index contributed by atoms with van der Waals surface area (Å²) in [5.74, 6) is 0.985. The molecule has 1 aromatic heterocycles. The van der Waals surface area contributed by atoms with Crippen molar-refractivity contribution in [3.8, 4) is 17.1 Å². The van der Waals surface area contributed by atoms with E-state index in [1.54, 1.807) is 12.1 Å². The molecule has 0 radical (unpaired) electrons. The van der Waals surface area contributed by atoms with E-state index < -0.39 is 5.82 Å². The lowest BCUT2D eigenvalue weighted by atomic mass is 10.2. The van der Waals surface area contributed by atoms with Crippen LogP contribution in [0.25, 0.3) is 11.4 Å². The molecule has 0 bridgehead atoms. The van der Waals surface area contributed by atoms with Gasteiger partial charge in [-0.15, -0.1) is 0 Å². The zero-order valence-corrected chi connectivity index (χ0v) is 9.40. The number of hydrogen-bond acceptors (Lipinski definition) is 4. The number of nitrogens with zero attached hydrogens (tertiary/aromatic N) is 2. The second-order valence-electron chi connectivity index (χ2n) is 3.49. The van der Waals surface area contributed by atoms with Gasteiger partial charge < -0.3 is 10.5 Å². The zero-order chi connectivity index (χ0) is 12.3. The highest BCUT2D eigenvalue weighted by atomic mass is 19.1. The van der Waals surface area contributed by atoms with Crippen molar-refractivity contribution < 1.29 is 9.13 Å². The van der Waals surface area contributed by atoms with E-state index in [0.29, 0.717) is 30.2 Å². The Morgan fingerprint density at radius 1 is 1.47 bits per heavy atom. The Hall–Kier alpha value is -1.95. The minimum Gasteiger partial charge on any atom is -0.494 e. The number of halogens is 1. The topological polar surface area (TPSA) is 76.8 Å². The van der Waals surface area contributed by atoms with Crippen LogP contribution in [0.4, 0.5) is 4.39 Å². The molecule has 1 heterocycles. The second kappa shape index (κ2) is 4.92. The van der Waals surface area contributed by atoms with Gasteiger partial charge in [0.15, 0.2) is 17.4 Å². The summed E-state index contributed by atoms with van der Waals surface area (Å²) in [5, 5.41) is 6.82. The van der Waals surface area contributed by atoms with Gasteiger partial charge in [-0.3, -0.25) is 5.10 Å². The van der Waals surface area contributed by atoms with Gasteiger partial charge in [0.25, 0.3) is 0 Å². The molecule has 5 nitrogen and oxygen atoms in total. The largest absolute Gasteiger partial charge is 0.494 e. The number of H-pyrrole nitrogens is 1. The SMILES string of the molecule is COc1cc(-c2n[nH]c(CCN)n2)ccc1F. The van der Waals surface area contributed by atoms with E-state index in [4.69, 9.17) is 10.5 Å².